The van der Waals surface area contributed by atoms with Gasteiger partial charge in [-0.25, -0.2) is 0 Å². The largest absolute Gasteiger partial charge is 0.768 e. The van der Waals surface area contributed by atoms with E-state index in [4.69, 9.17) is 0 Å². The van der Waals surface area contributed by atoms with E-state index in [1.54, 1.807) is 12.1 Å². The Hall–Kier alpha value is -0.710. The highest BCUT2D eigenvalue weighted by Crippen LogP contribution is 2.26. The van der Waals surface area contributed by atoms with Crippen LogP contribution in [0.15, 0.2) is 29.2 Å². The molecule has 1 saturated heterocycles. The van der Waals surface area contributed by atoms with Crippen LogP contribution in [0.5, 0.6) is 0 Å². The van der Waals surface area contributed by atoms with Gasteiger partial charge < -0.3 is 9.87 Å². The minimum Gasteiger partial charge on any atom is -0.768 e. The molecule has 1 aliphatic heterocycles. The Morgan fingerprint density at radius 1 is 1.33 bits per heavy atom. The molecule has 1 aromatic carbocycles. The van der Waals surface area contributed by atoms with Crippen LogP contribution in [0.4, 0.5) is 0 Å². The molecule has 1 aliphatic rings. The Kier molecular flexibility index (Phi) is 3.51. The molecule has 4 heteroatoms. The summed E-state index contributed by atoms with van der Waals surface area (Å²) in [6.45, 7) is 2.05. The van der Waals surface area contributed by atoms with Gasteiger partial charge in [0.05, 0.1) is 0 Å². The van der Waals surface area contributed by atoms with Crippen LogP contribution in [0.1, 0.15) is 24.3 Å². The van der Waals surface area contributed by atoms with Crippen molar-refractivity contribution in [1.82, 2.24) is 5.32 Å². The third-order valence-corrected chi connectivity index (χ3v) is 3.50. The summed E-state index contributed by atoms with van der Waals surface area (Å²) in [5, 5.41) is 3.30. The lowest BCUT2D eigenvalue weighted by Crippen LogP contribution is -2.26. The first-order valence-electron chi connectivity index (χ1n) is 5.17. The first-order valence-corrected chi connectivity index (χ1v) is 6.25. The lowest BCUT2D eigenvalue weighted by Gasteiger charge is -2.23. The number of hydrogen-bond acceptors (Lipinski definition) is 3. The standard InChI is InChI=1S/C11H15NO2S/c13-15(14)11-3-1-2-10(8-11)9-4-6-12-7-5-9/h1-3,8-9,12H,4-7H2,(H,13,14)/p-1. The van der Waals surface area contributed by atoms with Gasteiger partial charge in [-0.15, -0.1) is 0 Å². The second-order valence-corrected chi connectivity index (χ2v) is 4.77. The molecule has 15 heavy (non-hydrogen) atoms. The molecule has 1 N–H and O–H groups in total. The molecule has 0 bridgehead atoms. The minimum atomic E-state index is -2.11. The van der Waals surface area contributed by atoms with E-state index in [-0.39, 0.29) is 0 Å². The number of hydrogen-bond donors (Lipinski definition) is 1. The predicted molar refractivity (Wildman–Crippen MR) is 58.5 cm³/mol. The maximum Gasteiger partial charge on any atom is 0.0251 e. The second kappa shape index (κ2) is 4.88. The second-order valence-electron chi connectivity index (χ2n) is 3.83. The highest BCUT2D eigenvalue weighted by molar-refractivity contribution is 7.79. The van der Waals surface area contributed by atoms with Crippen molar-refractivity contribution in [2.24, 2.45) is 0 Å². The molecule has 0 saturated carbocycles. The molecular formula is C11H14NO2S-. The highest BCUT2D eigenvalue weighted by Gasteiger charge is 2.14. The molecule has 2 rings (SSSR count). The van der Waals surface area contributed by atoms with Gasteiger partial charge in [0, 0.05) is 4.90 Å². The zero-order valence-electron chi connectivity index (χ0n) is 8.44. The van der Waals surface area contributed by atoms with E-state index in [0.717, 1.165) is 31.5 Å². The number of benzene rings is 1. The molecule has 0 radical (unpaired) electrons. The summed E-state index contributed by atoms with van der Waals surface area (Å²) in [6.07, 6.45) is 2.18. The van der Waals surface area contributed by atoms with E-state index in [0.29, 0.717) is 10.8 Å². The number of rotatable bonds is 2. The summed E-state index contributed by atoms with van der Waals surface area (Å²) >= 11 is -2.11. The molecule has 0 spiro atoms. The molecular weight excluding hydrogens is 210 g/mol. The molecule has 0 aromatic heterocycles. The van der Waals surface area contributed by atoms with Gasteiger partial charge in [0.25, 0.3) is 0 Å². The Balaban J connectivity index is 2.19. The fraction of sp³-hybridized carbons (Fsp3) is 0.455. The normalized spacial score (nSPS) is 20.1. The Morgan fingerprint density at radius 3 is 2.73 bits per heavy atom. The van der Waals surface area contributed by atoms with Crippen LogP contribution in [-0.2, 0) is 11.1 Å². The van der Waals surface area contributed by atoms with Crippen LogP contribution < -0.4 is 5.32 Å². The fourth-order valence-corrected chi connectivity index (χ4v) is 2.45. The van der Waals surface area contributed by atoms with Crippen molar-refractivity contribution in [2.75, 3.05) is 13.1 Å². The van der Waals surface area contributed by atoms with E-state index in [9.17, 15) is 8.76 Å². The van der Waals surface area contributed by atoms with E-state index in [1.807, 2.05) is 12.1 Å². The zero-order chi connectivity index (χ0) is 10.7. The summed E-state index contributed by atoms with van der Waals surface area (Å²) in [6, 6.07) is 7.27. The van der Waals surface area contributed by atoms with Gasteiger partial charge in [-0.1, -0.05) is 12.1 Å². The van der Waals surface area contributed by atoms with Crippen molar-refractivity contribution >= 4 is 11.1 Å². The Morgan fingerprint density at radius 2 is 2.07 bits per heavy atom. The maximum atomic E-state index is 10.8. The third kappa shape index (κ3) is 2.65. The van der Waals surface area contributed by atoms with Crippen LogP contribution in [0.3, 0.4) is 0 Å². The van der Waals surface area contributed by atoms with E-state index >= 15 is 0 Å². The summed E-state index contributed by atoms with van der Waals surface area (Å²) in [7, 11) is 0. The molecule has 1 heterocycles. The summed E-state index contributed by atoms with van der Waals surface area (Å²) in [4.78, 5) is 0.394. The highest BCUT2D eigenvalue weighted by atomic mass is 32.2. The molecule has 82 valence electrons. The predicted octanol–water partition coefficient (Wildman–Crippen LogP) is 1.39. The van der Waals surface area contributed by atoms with Crippen LogP contribution in [0.2, 0.25) is 0 Å². The fourth-order valence-electron chi connectivity index (χ4n) is 2.03. The van der Waals surface area contributed by atoms with Gasteiger partial charge in [0.1, 0.15) is 0 Å². The molecule has 1 atom stereocenters. The lowest BCUT2D eigenvalue weighted by atomic mass is 9.90. The van der Waals surface area contributed by atoms with Crippen molar-refractivity contribution in [3.8, 4) is 0 Å². The van der Waals surface area contributed by atoms with Crippen LogP contribution in [0, 0.1) is 0 Å². The molecule has 1 unspecified atom stereocenters. The number of piperidine rings is 1. The average molecular weight is 224 g/mol. The van der Waals surface area contributed by atoms with Crippen LogP contribution in [-0.4, -0.2) is 21.9 Å². The number of nitrogens with one attached hydrogen (secondary N) is 1. The smallest absolute Gasteiger partial charge is 0.0251 e. The molecule has 1 aromatic rings. The Bertz CT molecular complexity index is 361. The molecule has 0 aliphatic carbocycles. The van der Waals surface area contributed by atoms with Crippen molar-refractivity contribution in [3.63, 3.8) is 0 Å². The quantitative estimate of drug-likeness (QED) is 0.772. The van der Waals surface area contributed by atoms with Crippen molar-refractivity contribution in [1.29, 1.82) is 0 Å². The first-order chi connectivity index (χ1) is 7.27. The maximum absolute atomic E-state index is 10.8. The summed E-state index contributed by atoms with van der Waals surface area (Å²) in [5.41, 5.74) is 1.15. The Labute approximate surface area is 92.2 Å². The van der Waals surface area contributed by atoms with Crippen molar-refractivity contribution in [3.05, 3.63) is 29.8 Å². The van der Waals surface area contributed by atoms with Crippen molar-refractivity contribution in [2.45, 2.75) is 23.7 Å². The summed E-state index contributed by atoms with van der Waals surface area (Å²) < 4.78 is 21.6. The monoisotopic (exact) mass is 224 g/mol. The third-order valence-electron chi connectivity index (χ3n) is 2.86. The molecule has 3 nitrogen and oxygen atoms in total. The zero-order valence-corrected chi connectivity index (χ0v) is 9.26. The topological polar surface area (TPSA) is 52.2 Å². The average Bonchev–Trinajstić information content (AvgIpc) is 2.30. The minimum absolute atomic E-state index is 0.394. The van der Waals surface area contributed by atoms with Crippen LogP contribution >= 0.6 is 0 Å². The van der Waals surface area contributed by atoms with Gasteiger partial charge >= 0.3 is 0 Å². The van der Waals surface area contributed by atoms with Gasteiger partial charge in [-0.05, 0) is 60.6 Å². The van der Waals surface area contributed by atoms with Crippen molar-refractivity contribution < 1.29 is 8.76 Å². The first kappa shape index (κ1) is 10.8. The van der Waals surface area contributed by atoms with E-state index < -0.39 is 11.1 Å². The van der Waals surface area contributed by atoms with Gasteiger partial charge in [-0.2, -0.15) is 0 Å². The molecule has 1 fully saturated rings. The SMILES string of the molecule is O=S([O-])c1cccc(C2CCNCC2)c1. The van der Waals surface area contributed by atoms with Crippen LogP contribution in [0.25, 0.3) is 0 Å². The van der Waals surface area contributed by atoms with E-state index in [2.05, 4.69) is 5.32 Å². The lowest BCUT2D eigenvalue weighted by molar-refractivity contribution is 0.459. The van der Waals surface area contributed by atoms with E-state index in [1.165, 1.54) is 0 Å². The van der Waals surface area contributed by atoms with Gasteiger partial charge in [-0.3, -0.25) is 4.21 Å². The van der Waals surface area contributed by atoms with Gasteiger partial charge in [0.2, 0.25) is 0 Å². The van der Waals surface area contributed by atoms with Gasteiger partial charge in [0.15, 0.2) is 0 Å². The summed E-state index contributed by atoms with van der Waals surface area (Å²) in [5.74, 6) is 0.509. The molecule has 0 amide bonds.